The average molecular weight is 288 g/mol. The largest absolute Gasteiger partial charge is 0.490 e. The molecule has 1 atom stereocenters. The van der Waals surface area contributed by atoms with Gasteiger partial charge in [-0.3, -0.25) is 0 Å². The van der Waals surface area contributed by atoms with Crippen LogP contribution in [0.15, 0.2) is 28.8 Å². The van der Waals surface area contributed by atoms with Crippen molar-refractivity contribution in [2.45, 2.75) is 32.9 Å². The van der Waals surface area contributed by atoms with E-state index in [9.17, 15) is 0 Å². The number of hydrogen-bond donors (Lipinski definition) is 1. The Morgan fingerprint density at radius 1 is 1.24 bits per heavy atom. The lowest BCUT2D eigenvalue weighted by molar-refractivity contribution is 0.297. The minimum Gasteiger partial charge on any atom is -0.490 e. The summed E-state index contributed by atoms with van der Waals surface area (Å²) in [6.45, 7) is 6.01. The van der Waals surface area contributed by atoms with E-state index in [0.717, 1.165) is 29.2 Å². The first-order valence-corrected chi connectivity index (χ1v) is 7.26. The molecule has 1 aliphatic rings. The van der Waals surface area contributed by atoms with E-state index in [1.165, 1.54) is 0 Å². The summed E-state index contributed by atoms with van der Waals surface area (Å²) in [5, 5.41) is 3.40. The first-order valence-electron chi connectivity index (χ1n) is 7.26. The lowest BCUT2D eigenvalue weighted by atomic mass is 10.1. The molecule has 112 valence electrons. The van der Waals surface area contributed by atoms with Gasteiger partial charge in [0.1, 0.15) is 5.76 Å². The fraction of sp³-hybridized carbons (Fsp3) is 0.438. The third-order valence-electron chi connectivity index (χ3n) is 3.50. The van der Waals surface area contributed by atoms with Gasteiger partial charge in [0.15, 0.2) is 11.5 Å². The zero-order chi connectivity index (χ0) is 14.7. The molecule has 1 unspecified atom stereocenters. The van der Waals surface area contributed by atoms with E-state index in [4.69, 9.17) is 13.9 Å². The van der Waals surface area contributed by atoms with Crippen LogP contribution in [0.3, 0.4) is 0 Å². The van der Waals surface area contributed by atoms with Crippen LogP contribution in [-0.4, -0.2) is 18.2 Å². The Bertz CT molecular complexity index is 609. The van der Waals surface area contributed by atoms with E-state index in [1.54, 1.807) is 6.20 Å². The summed E-state index contributed by atoms with van der Waals surface area (Å²) in [7, 11) is 0. The molecule has 2 aromatic rings. The average Bonchev–Trinajstić information content (AvgIpc) is 2.77. The van der Waals surface area contributed by atoms with Crippen molar-refractivity contribution in [2.75, 3.05) is 13.2 Å². The number of ether oxygens (including phenoxy) is 2. The maximum absolute atomic E-state index is 5.72. The number of oxazole rings is 1. The van der Waals surface area contributed by atoms with Crippen molar-refractivity contribution >= 4 is 0 Å². The second-order valence-corrected chi connectivity index (χ2v) is 5.22. The SMILES string of the molecule is Cc1cnc(CNC(C)c2ccc3c(c2)OCCCO3)o1. The van der Waals surface area contributed by atoms with Gasteiger partial charge in [-0.05, 0) is 31.5 Å². The van der Waals surface area contributed by atoms with Crippen LogP contribution in [0.4, 0.5) is 0 Å². The molecule has 0 radical (unpaired) electrons. The molecule has 0 saturated carbocycles. The van der Waals surface area contributed by atoms with E-state index in [2.05, 4.69) is 23.3 Å². The van der Waals surface area contributed by atoms with Crippen molar-refractivity contribution in [3.8, 4) is 11.5 Å². The lowest BCUT2D eigenvalue weighted by Crippen LogP contribution is -2.18. The van der Waals surface area contributed by atoms with Gasteiger partial charge in [-0.25, -0.2) is 4.98 Å². The van der Waals surface area contributed by atoms with Gasteiger partial charge >= 0.3 is 0 Å². The molecule has 1 aliphatic heterocycles. The number of nitrogens with one attached hydrogen (secondary N) is 1. The van der Waals surface area contributed by atoms with Gasteiger partial charge in [0.2, 0.25) is 5.89 Å². The number of aryl methyl sites for hydroxylation is 1. The molecule has 0 fully saturated rings. The monoisotopic (exact) mass is 288 g/mol. The quantitative estimate of drug-likeness (QED) is 0.937. The summed E-state index contributed by atoms with van der Waals surface area (Å²) < 4.78 is 16.8. The van der Waals surface area contributed by atoms with Crippen LogP contribution in [0.25, 0.3) is 0 Å². The second kappa shape index (κ2) is 6.18. The summed E-state index contributed by atoms with van der Waals surface area (Å²) >= 11 is 0. The number of hydrogen-bond acceptors (Lipinski definition) is 5. The fourth-order valence-electron chi connectivity index (χ4n) is 2.29. The number of rotatable bonds is 4. The van der Waals surface area contributed by atoms with E-state index in [0.29, 0.717) is 25.6 Å². The summed E-state index contributed by atoms with van der Waals surface area (Å²) in [5.41, 5.74) is 1.16. The third kappa shape index (κ3) is 3.36. The molecule has 1 aromatic carbocycles. The van der Waals surface area contributed by atoms with Crippen LogP contribution < -0.4 is 14.8 Å². The molecule has 0 bridgehead atoms. The maximum Gasteiger partial charge on any atom is 0.208 e. The van der Waals surface area contributed by atoms with Crippen molar-refractivity contribution in [2.24, 2.45) is 0 Å². The molecule has 21 heavy (non-hydrogen) atoms. The van der Waals surface area contributed by atoms with Crippen LogP contribution in [0, 0.1) is 6.92 Å². The van der Waals surface area contributed by atoms with Crippen molar-refractivity contribution in [1.29, 1.82) is 0 Å². The standard InChI is InChI=1S/C16H20N2O3/c1-11-9-18-16(21-11)10-17-12(2)13-4-5-14-15(8-13)20-7-3-6-19-14/h4-5,8-9,12,17H,3,6-7,10H2,1-2H3. The zero-order valence-electron chi connectivity index (χ0n) is 12.4. The molecule has 0 amide bonds. The van der Waals surface area contributed by atoms with E-state index >= 15 is 0 Å². The zero-order valence-corrected chi connectivity index (χ0v) is 12.4. The smallest absolute Gasteiger partial charge is 0.208 e. The fourth-order valence-corrected chi connectivity index (χ4v) is 2.29. The summed E-state index contributed by atoms with van der Waals surface area (Å²) in [4.78, 5) is 4.19. The van der Waals surface area contributed by atoms with E-state index < -0.39 is 0 Å². The number of nitrogens with zero attached hydrogens (tertiary/aromatic N) is 1. The molecule has 5 heteroatoms. The van der Waals surface area contributed by atoms with Crippen molar-refractivity contribution in [1.82, 2.24) is 10.3 Å². The van der Waals surface area contributed by atoms with Crippen LogP contribution in [0.2, 0.25) is 0 Å². The minimum atomic E-state index is 0.175. The summed E-state index contributed by atoms with van der Waals surface area (Å²) in [6.07, 6.45) is 2.65. The molecular formula is C16H20N2O3. The van der Waals surface area contributed by atoms with Crippen LogP contribution >= 0.6 is 0 Å². The Morgan fingerprint density at radius 2 is 2.05 bits per heavy atom. The molecule has 1 aromatic heterocycles. The van der Waals surface area contributed by atoms with Gasteiger partial charge in [-0.15, -0.1) is 0 Å². The molecule has 1 N–H and O–H groups in total. The molecule has 0 saturated heterocycles. The highest BCUT2D eigenvalue weighted by Crippen LogP contribution is 2.32. The summed E-state index contributed by atoms with van der Waals surface area (Å²) in [5.74, 6) is 3.18. The van der Waals surface area contributed by atoms with Crippen LogP contribution in [0.1, 0.15) is 36.6 Å². The Kier molecular flexibility index (Phi) is 4.10. The van der Waals surface area contributed by atoms with Crippen LogP contribution in [0.5, 0.6) is 11.5 Å². The Labute approximate surface area is 124 Å². The number of aromatic nitrogens is 1. The molecule has 0 aliphatic carbocycles. The minimum absolute atomic E-state index is 0.175. The Morgan fingerprint density at radius 3 is 2.81 bits per heavy atom. The Balaban J connectivity index is 1.66. The van der Waals surface area contributed by atoms with Crippen molar-refractivity contribution in [3.05, 3.63) is 41.6 Å². The first kappa shape index (κ1) is 13.9. The molecular weight excluding hydrogens is 268 g/mol. The topological polar surface area (TPSA) is 56.5 Å². The predicted octanol–water partition coefficient (Wildman–Crippen LogP) is 3.00. The maximum atomic E-state index is 5.72. The second-order valence-electron chi connectivity index (χ2n) is 5.22. The lowest BCUT2D eigenvalue weighted by Gasteiger charge is -2.15. The third-order valence-corrected chi connectivity index (χ3v) is 3.50. The van der Waals surface area contributed by atoms with Gasteiger partial charge in [0.25, 0.3) is 0 Å². The van der Waals surface area contributed by atoms with Crippen molar-refractivity contribution < 1.29 is 13.9 Å². The number of benzene rings is 1. The highest BCUT2D eigenvalue weighted by molar-refractivity contribution is 5.44. The van der Waals surface area contributed by atoms with Gasteiger partial charge in [-0.2, -0.15) is 0 Å². The number of fused-ring (bicyclic) bond motifs is 1. The molecule has 2 heterocycles. The van der Waals surface area contributed by atoms with Gasteiger partial charge < -0.3 is 19.2 Å². The van der Waals surface area contributed by atoms with Gasteiger partial charge in [0, 0.05) is 12.5 Å². The Hall–Kier alpha value is -2.01. The molecule has 3 rings (SSSR count). The van der Waals surface area contributed by atoms with Crippen LogP contribution in [-0.2, 0) is 6.54 Å². The molecule has 5 nitrogen and oxygen atoms in total. The first-order chi connectivity index (χ1) is 10.2. The van der Waals surface area contributed by atoms with Gasteiger partial charge in [0.05, 0.1) is 26.0 Å². The normalized spacial score (nSPS) is 15.5. The van der Waals surface area contributed by atoms with Crippen molar-refractivity contribution in [3.63, 3.8) is 0 Å². The highest BCUT2D eigenvalue weighted by Gasteiger charge is 2.14. The predicted molar refractivity (Wildman–Crippen MR) is 78.5 cm³/mol. The molecule has 0 spiro atoms. The summed E-state index contributed by atoms with van der Waals surface area (Å²) in [6, 6.07) is 6.25. The van der Waals surface area contributed by atoms with E-state index in [1.807, 2.05) is 19.1 Å². The van der Waals surface area contributed by atoms with Gasteiger partial charge in [-0.1, -0.05) is 6.07 Å². The highest BCUT2D eigenvalue weighted by atomic mass is 16.5. The van der Waals surface area contributed by atoms with E-state index in [-0.39, 0.29) is 6.04 Å².